The Kier molecular flexibility index (Phi) is 5.42. The largest absolute Gasteiger partial charge is 0.476 e. The van der Waals surface area contributed by atoms with Crippen LogP contribution in [-0.4, -0.2) is 18.7 Å². The summed E-state index contributed by atoms with van der Waals surface area (Å²) >= 11 is 12.1. The van der Waals surface area contributed by atoms with Crippen LogP contribution in [0.2, 0.25) is 10.0 Å². The van der Waals surface area contributed by atoms with E-state index in [0.29, 0.717) is 11.1 Å². The summed E-state index contributed by atoms with van der Waals surface area (Å²) in [5.74, 6) is -0.110. The Bertz CT molecular complexity index is 982. The maximum Gasteiger partial charge on any atom is 0.307 e. The summed E-state index contributed by atoms with van der Waals surface area (Å²) in [7, 11) is 0. The highest BCUT2D eigenvalue weighted by Crippen LogP contribution is 2.33. The van der Waals surface area contributed by atoms with Crippen molar-refractivity contribution >= 4 is 46.3 Å². The fourth-order valence-corrected chi connectivity index (χ4v) is 2.82. The van der Waals surface area contributed by atoms with E-state index in [1.54, 1.807) is 24.3 Å². The monoisotopic (exact) mass is 387 g/mol. The Morgan fingerprint density at radius 3 is 2.69 bits per heavy atom. The normalized spacial score (nSPS) is 10.8. The smallest absolute Gasteiger partial charge is 0.307 e. The second-order valence-electron chi connectivity index (χ2n) is 5.11. The number of halogens is 2. The average molecular weight is 388 g/mol. The zero-order valence-corrected chi connectivity index (χ0v) is 14.7. The van der Waals surface area contributed by atoms with Crippen LogP contribution in [0.4, 0.5) is 0 Å². The predicted octanol–water partition coefficient (Wildman–Crippen LogP) is 4.41. The minimum atomic E-state index is -0.483. The lowest BCUT2D eigenvalue weighted by atomic mass is 10.2. The van der Waals surface area contributed by atoms with Crippen molar-refractivity contribution < 1.29 is 13.9 Å². The highest BCUT2D eigenvalue weighted by molar-refractivity contribution is 6.37. The van der Waals surface area contributed by atoms with Gasteiger partial charge in [0.05, 0.1) is 16.3 Å². The Morgan fingerprint density at radius 2 is 2.00 bits per heavy atom. The number of carbonyl (C=O) groups is 1. The number of furan rings is 1. The van der Waals surface area contributed by atoms with Crippen LogP contribution in [0.25, 0.3) is 11.0 Å². The van der Waals surface area contributed by atoms with Gasteiger partial charge >= 0.3 is 5.91 Å². The van der Waals surface area contributed by atoms with Crippen LogP contribution < -0.4 is 10.2 Å². The van der Waals surface area contributed by atoms with Crippen LogP contribution >= 0.6 is 23.2 Å². The Labute approximate surface area is 158 Å². The van der Waals surface area contributed by atoms with Crippen molar-refractivity contribution in [2.45, 2.75) is 0 Å². The first kappa shape index (κ1) is 17.8. The molecule has 8 heteroatoms. The standard InChI is InChI=1S/C18H11Cl2N3O3/c19-13-7-11(8-14(20)17(13)25-6-5-21)10-22-23-18(24)16-9-12-3-1-2-4-15(12)26-16/h1-4,7-10H,6H2,(H,23,24)/b22-10+. The Balaban J connectivity index is 1.70. The van der Waals surface area contributed by atoms with Crippen molar-refractivity contribution in [2.24, 2.45) is 5.10 Å². The molecule has 6 nitrogen and oxygen atoms in total. The number of rotatable bonds is 5. The summed E-state index contributed by atoms with van der Waals surface area (Å²) in [6, 6.07) is 13.9. The summed E-state index contributed by atoms with van der Waals surface area (Å²) in [5, 5.41) is 13.7. The van der Waals surface area contributed by atoms with Gasteiger partial charge in [0.1, 0.15) is 11.7 Å². The van der Waals surface area contributed by atoms with Gasteiger partial charge in [0, 0.05) is 5.39 Å². The topological polar surface area (TPSA) is 87.6 Å². The van der Waals surface area contributed by atoms with E-state index in [9.17, 15) is 4.79 Å². The average Bonchev–Trinajstić information content (AvgIpc) is 3.05. The molecule has 0 fully saturated rings. The molecule has 3 rings (SSSR count). The molecule has 2 aromatic carbocycles. The number of hydrogen-bond acceptors (Lipinski definition) is 5. The zero-order valence-electron chi connectivity index (χ0n) is 13.2. The molecule has 0 radical (unpaired) electrons. The molecule has 1 N–H and O–H groups in total. The number of hydrogen-bond donors (Lipinski definition) is 1. The number of hydrazone groups is 1. The number of para-hydroxylation sites is 1. The minimum Gasteiger partial charge on any atom is -0.476 e. The number of nitriles is 1. The fourth-order valence-electron chi connectivity index (χ4n) is 2.21. The Morgan fingerprint density at radius 1 is 1.27 bits per heavy atom. The van der Waals surface area contributed by atoms with E-state index in [0.717, 1.165) is 5.39 Å². The predicted molar refractivity (Wildman–Crippen MR) is 98.8 cm³/mol. The number of benzene rings is 2. The SMILES string of the molecule is N#CCOc1c(Cl)cc(/C=N/NC(=O)c2cc3ccccc3o2)cc1Cl. The van der Waals surface area contributed by atoms with E-state index in [4.69, 9.17) is 37.6 Å². The van der Waals surface area contributed by atoms with Gasteiger partial charge < -0.3 is 9.15 Å². The number of carbonyl (C=O) groups excluding carboxylic acids is 1. The van der Waals surface area contributed by atoms with Gasteiger partial charge in [-0.1, -0.05) is 41.4 Å². The van der Waals surface area contributed by atoms with Gasteiger partial charge in [0.25, 0.3) is 0 Å². The number of fused-ring (bicyclic) bond motifs is 1. The molecule has 0 atom stereocenters. The van der Waals surface area contributed by atoms with Crippen molar-refractivity contribution in [3.63, 3.8) is 0 Å². The van der Waals surface area contributed by atoms with E-state index < -0.39 is 5.91 Å². The van der Waals surface area contributed by atoms with Crippen LogP contribution in [0.5, 0.6) is 5.75 Å². The van der Waals surface area contributed by atoms with Crippen LogP contribution in [0.15, 0.2) is 52.0 Å². The maximum absolute atomic E-state index is 12.1. The van der Waals surface area contributed by atoms with E-state index in [-0.39, 0.29) is 28.2 Å². The molecule has 0 aliphatic rings. The zero-order chi connectivity index (χ0) is 18.5. The molecule has 0 spiro atoms. The van der Waals surface area contributed by atoms with Crippen LogP contribution in [0.1, 0.15) is 16.1 Å². The number of ether oxygens (including phenoxy) is 1. The van der Waals surface area contributed by atoms with Crippen LogP contribution in [-0.2, 0) is 0 Å². The van der Waals surface area contributed by atoms with E-state index in [1.165, 1.54) is 6.21 Å². The van der Waals surface area contributed by atoms with E-state index >= 15 is 0 Å². The molecule has 3 aromatic rings. The van der Waals surface area contributed by atoms with E-state index in [2.05, 4.69) is 10.5 Å². The maximum atomic E-state index is 12.1. The van der Waals surface area contributed by atoms with Gasteiger partial charge in [0.15, 0.2) is 18.1 Å². The summed E-state index contributed by atoms with van der Waals surface area (Å²) in [6.45, 7) is -0.166. The number of nitrogens with one attached hydrogen (secondary N) is 1. The highest BCUT2D eigenvalue weighted by atomic mass is 35.5. The third-order valence-electron chi connectivity index (χ3n) is 3.33. The second-order valence-corrected chi connectivity index (χ2v) is 5.92. The highest BCUT2D eigenvalue weighted by Gasteiger charge is 2.12. The molecule has 1 aromatic heterocycles. The summed E-state index contributed by atoms with van der Waals surface area (Å²) in [4.78, 5) is 12.1. The molecule has 26 heavy (non-hydrogen) atoms. The molecule has 0 saturated heterocycles. The van der Waals surface area contributed by atoms with Gasteiger partial charge in [0.2, 0.25) is 0 Å². The van der Waals surface area contributed by atoms with Crippen molar-refractivity contribution in [3.8, 4) is 11.8 Å². The van der Waals surface area contributed by atoms with E-state index in [1.807, 2.05) is 24.3 Å². The quantitative estimate of drug-likeness (QED) is 0.518. The van der Waals surface area contributed by atoms with Crippen molar-refractivity contribution in [1.29, 1.82) is 5.26 Å². The van der Waals surface area contributed by atoms with Gasteiger partial charge in [-0.15, -0.1) is 0 Å². The molecular formula is C18H11Cl2N3O3. The minimum absolute atomic E-state index is 0.152. The fraction of sp³-hybridized carbons (Fsp3) is 0.0556. The van der Waals surface area contributed by atoms with Crippen LogP contribution in [0.3, 0.4) is 0 Å². The molecule has 0 aliphatic heterocycles. The van der Waals surface area contributed by atoms with Gasteiger partial charge in [-0.25, -0.2) is 5.43 Å². The van der Waals surface area contributed by atoms with Crippen molar-refractivity contribution in [3.05, 3.63) is 63.8 Å². The number of amides is 1. The summed E-state index contributed by atoms with van der Waals surface area (Å²) < 4.78 is 10.6. The Hall–Kier alpha value is -3.01. The first-order valence-corrected chi connectivity index (χ1v) is 8.15. The summed E-state index contributed by atoms with van der Waals surface area (Å²) in [6.07, 6.45) is 1.38. The lowest BCUT2D eigenvalue weighted by Gasteiger charge is -2.07. The second kappa shape index (κ2) is 7.91. The molecule has 0 unspecified atom stereocenters. The molecular weight excluding hydrogens is 377 g/mol. The molecule has 130 valence electrons. The van der Waals surface area contributed by atoms with Gasteiger partial charge in [-0.2, -0.15) is 10.4 Å². The summed E-state index contributed by atoms with van der Waals surface area (Å²) in [5.41, 5.74) is 3.54. The number of nitrogens with zero attached hydrogens (tertiary/aromatic N) is 2. The third kappa shape index (κ3) is 3.97. The first-order valence-electron chi connectivity index (χ1n) is 7.39. The van der Waals surface area contributed by atoms with Crippen molar-refractivity contribution in [1.82, 2.24) is 5.43 Å². The third-order valence-corrected chi connectivity index (χ3v) is 3.89. The van der Waals surface area contributed by atoms with Gasteiger partial charge in [-0.05, 0) is 29.8 Å². The van der Waals surface area contributed by atoms with Crippen LogP contribution in [0, 0.1) is 11.3 Å². The first-order chi connectivity index (χ1) is 12.6. The van der Waals surface area contributed by atoms with Gasteiger partial charge in [-0.3, -0.25) is 4.79 Å². The lowest BCUT2D eigenvalue weighted by molar-refractivity contribution is 0.0929. The molecule has 1 amide bonds. The lowest BCUT2D eigenvalue weighted by Crippen LogP contribution is -2.16. The van der Waals surface area contributed by atoms with Crippen molar-refractivity contribution in [2.75, 3.05) is 6.61 Å². The molecule has 0 bridgehead atoms. The molecule has 0 saturated carbocycles. The molecule has 1 heterocycles. The molecule has 0 aliphatic carbocycles.